The Hall–Kier alpha value is -3.18. The fourth-order valence-corrected chi connectivity index (χ4v) is 2.96. The van der Waals surface area contributed by atoms with Crippen molar-refractivity contribution in [1.29, 1.82) is 0 Å². The first-order chi connectivity index (χ1) is 13.2. The van der Waals surface area contributed by atoms with Gasteiger partial charge in [-0.1, -0.05) is 11.6 Å². The second kappa shape index (κ2) is 7.60. The lowest BCUT2D eigenvalue weighted by Crippen LogP contribution is -2.19. The van der Waals surface area contributed by atoms with Gasteiger partial charge in [0.25, 0.3) is 0 Å². The third-order valence-electron chi connectivity index (χ3n) is 4.09. The summed E-state index contributed by atoms with van der Waals surface area (Å²) in [5.41, 5.74) is 7.32. The van der Waals surface area contributed by atoms with Gasteiger partial charge >= 0.3 is 0 Å². The zero-order chi connectivity index (χ0) is 18.6. The summed E-state index contributed by atoms with van der Waals surface area (Å²) in [4.78, 5) is 9.01. The van der Waals surface area contributed by atoms with Gasteiger partial charge in [-0.05, 0) is 61.5 Å². The molecule has 0 saturated heterocycles. The van der Waals surface area contributed by atoms with Crippen LogP contribution >= 0.6 is 11.6 Å². The van der Waals surface area contributed by atoms with Crippen molar-refractivity contribution in [3.8, 4) is 5.75 Å². The van der Waals surface area contributed by atoms with Crippen LogP contribution in [0, 0.1) is 0 Å². The summed E-state index contributed by atoms with van der Waals surface area (Å²) in [5, 5.41) is 5.30. The number of fused-ring (bicyclic) bond motifs is 1. The van der Waals surface area contributed by atoms with Crippen molar-refractivity contribution in [2.75, 3.05) is 6.61 Å². The summed E-state index contributed by atoms with van der Waals surface area (Å²) >= 11 is 6.01. The zero-order valence-corrected chi connectivity index (χ0v) is 15.4. The summed E-state index contributed by atoms with van der Waals surface area (Å²) in [6.07, 6.45) is 3.52. The van der Waals surface area contributed by atoms with Crippen molar-refractivity contribution in [2.45, 2.75) is 6.92 Å². The Morgan fingerprint density at radius 3 is 2.63 bits per heavy atom. The molecule has 1 aliphatic rings. The lowest BCUT2D eigenvalue weighted by Gasteiger charge is -2.10. The molecule has 0 saturated carbocycles. The topological polar surface area (TPSA) is 58.9 Å². The molecule has 1 aliphatic heterocycles. The predicted molar refractivity (Wildman–Crippen MR) is 108 cm³/mol. The molecule has 2 heterocycles. The SMILES string of the molecule is CCOc1ccc2c(c1)C(c1cccnc1)=NNC(c1ccc(Cl)cc1)=N2. The molecule has 0 unspecified atom stereocenters. The quantitative estimate of drug-likeness (QED) is 0.725. The molecule has 0 amide bonds. The molecule has 0 bridgehead atoms. The maximum Gasteiger partial charge on any atom is 0.154 e. The van der Waals surface area contributed by atoms with Crippen molar-refractivity contribution in [3.05, 3.63) is 88.7 Å². The molecule has 1 aromatic heterocycles. The lowest BCUT2D eigenvalue weighted by molar-refractivity contribution is 0.340. The second-order valence-electron chi connectivity index (χ2n) is 5.89. The molecule has 4 rings (SSSR count). The van der Waals surface area contributed by atoms with Crippen LogP contribution in [0.2, 0.25) is 5.02 Å². The Morgan fingerprint density at radius 1 is 1.04 bits per heavy atom. The maximum absolute atomic E-state index is 6.01. The van der Waals surface area contributed by atoms with Crippen LogP contribution in [0.25, 0.3) is 0 Å². The number of aromatic nitrogens is 1. The van der Waals surface area contributed by atoms with Gasteiger partial charge in [-0.15, -0.1) is 0 Å². The van der Waals surface area contributed by atoms with E-state index in [0.717, 1.165) is 33.8 Å². The molecule has 0 fully saturated rings. The van der Waals surface area contributed by atoms with Gasteiger partial charge in [-0.3, -0.25) is 10.4 Å². The molecule has 134 valence electrons. The van der Waals surface area contributed by atoms with E-state index >= 15 is 0 Å². The van der Waals surface area contributed by atoms with Crippen LogP contribution in [0.5, 0.6) is 5.75 Å². The molecule has 5 nitrogen and oxygen atoms in total. The Balaban J connectivity index is 1.85. The Morgan fingerprint density at radius 2 is 1.89 bits per heavy atom. The monoisotopic (exact) mass is 376 g/mol. The summed E-state index contributed by atoms with van der Waals surface area (Å²) in [6.45, 7) is 2.55. The van der Waals surface area contributed by atoms with Crippen LogP contribution in [0.1, 0.15) is 23.6 Å². The summed E-state index contributed by atoms with van der Waals surface area (Å²) in [7, 11) is 0. The number of nitrogens with one attached hydrogen (secondary N) is 1. The first-order valence-electron chi connectivity index (χ1n) is 8.60. The van der Waals surface area contributed by atoms with Gasteiger partial charge in [0.2, 0.25) is 0 Å². The predicted octanol–water partition coefficient (Wildman–Crippen LogP) is 4.57. The van der Waals surface area contributed by atoms with Crippen LogP contribution in [0.3, 0.4) is 0 Å². The number of hydrogen-bond donors (Lipinski definition) is 1. The standard InChI is InChI=1S/C21H17ClN4O/c1-2-27-17-9-10-19-18(12-17)20(15-4-3-11-23-13-15)25-26-21(24-19)14-5-7-16(22)8-6-14/h3-13H,2H2,1H3,(H,24,26). The van der Waals surface area contributed by atoms with Crippen LogP contribution in [-0.4, -0.2) is 23.1 Å². The molecule has 0 radical (unpaired) electrons. The molecule has 6 heteroatoms. The average molecular weight is 377 g/mol. The number of hydrazone groups is 1. The fourth-order valence-electron chi connectivity index (χ4n) is 2.83. The van der Waals surface area contributed by atoms with Crippen LogP contribution < -0.4 is 10.2 Å². The minimum Gasteiger partial charge on any atom is -0.494 e. The average Bonchev–Trinajstić information content (AvgIpc) is 2.89. The molecular formula is C21H17ClN4O. The van der Waals surface area contributed by atoms with E-state index in [1.165, 1.54) is 0 Å². The van der Waals surface area contributed by atoms with E-state index in [9.17, 15) is 0 Å². The highest BCUT2D eigenvalue weighted by Gasteiger charge is 2.18. The van der Waals surface area contributed by atoms with Crippen molar-refractivity contribution < 1.29 is 4.74 Å². The third-order valence-corrected chi connectivity index (χ3v) is 4.34. The molecule has 0 aliphatic carbocycles. The number of benzene rings is 2. The minimum atomic E-state index is 0.593. The number of aliphatic imine (C=N–C) groups is 1. The Bertz CT molecular complexity index is 1010. The number of amidine groups is 1. The second-order valence-corrected chi connectivity index (χ2v) is 6.33. The van der Waals surface area contributed by atoms with Gasteiger partial charge in [0.1, 0.15) is 11.5 Å². The maximum atomic E-state index is 6.01. The number of hydrogen-bond acceptors (Lipinski definition) is 5. The van der Waals surface area contributed by atoms with Gasteiger partial charge in [-0.2, -0.15) is 5.10 Å². The number of nitrogens with zero attached hydrogens (tertiary/aromatic N) is 3. The van der Waals surface area contributed by atoms with Crippen LogP contribution in [0.15, 0.2) is 77.1 Å². The molecular weight excluding hydrogens is 360 g/mol. The van der Waals surface area contributed by atoms with Gasteiger partial charge in [0.05, 0.1) is 12.3 Å². The number of pyridine rings is 1. The number of ether oxygens (including phenoxy) is 1. The molecule has 2 aromatic carbocycles. The number of rotatable bonds is 4. The first kappa shape index (κ1) is 17.2. The molecule has 0 spiro atoms. The molecule has 1 N–H and O–H groups in total. The largest absolute Gasteiger partial charge is 0.494 e. The fraction of sp³-hybridized carbons (Fsp3) is 0.0952. The molecule has 0 atom stereocenters. The highest BCUT2D eigenvalue weighted by molar-refractivity contribution is 6.30. The van der Waals surface area contributed by atoms with Gasteiger partial charge in [0, 0.05) is 34.1 Å². The van der Waals surface area contributed by atoms with Crippen molar-refractivity contribution >= 4 is 28.8 Å². The van der Waals surface area contributed by atoms with E-state index in [1.54, 1.807) is 12.4 Å². The minimum absolute atomic E-state index is 0.593. The third kappa shape index (κ3) is 3.68. The lowest BCUT2D eigenvalue weighted by atomic mass is 10.0. The van der Waals surface area contributed by atoms with Crippen molar-refractivity contribution in [1.82, 2.24) is 10.4 Å². The van der Waals surface area contributed by atoms with E-state index < -0.39 is 0 Å². The summed E-state index contributed by atoms with van der Waals surface area (Å²) in [6, 6.07) is 17.1. The van der Waals surface area contributed by atoms with Crippen molar-refractivity contribution in [3.63, 3.8) is 0 Å². The van der Waals surface area contributed by atoms with E-state index in [2.05, 4.69) is 15.5 Å². The van der Waals surface area contributed by atoms with E-state index in [0.29, 0.717) is 17.5 Å². The highest BCUT2D eigenvalue weighted by atomic mass is 35.5. The summed E-state index contributed by atoms with van der Waals surface area (Å²) < 4.78 is 5.67. The van der Waals surface area contributed by atoms with Gasteiger partial charge in [0.15, 0.2) is 5.84 Å². The molecule has 27 heavy (non-hydrogen) atoms. The van der Waals surface area contributed by atoms with Gasteiger partial charge < -0.3 is 4.74 Å². The van der Waals surface area contributed by atoms with E-state index in [4.69, 9.17) is 21.3 Å². The number of halogens is 1. The Labute approximate surface area is 162 Å². The van der Waals surface area contributed by atoms with Crippen LogP contribution in [0.4, 0.5) is 5.69 Å². The normalized spacial score (nSPS) is 13.0. The van der Waals surface area contributed by atoms with E-state index in [-0.39, 0.29) is 0 Å². The summed E-state index contributed by atoms with van der Waals surface area (Å²) in [5.74, 6) is 1.42. The van der Waals surface area contributed by atoms with E-state index in [1.807, 2.05) is 61.5 Å². The van der Waals surface area contributed by atoms with Crippen molar-refractivity contribution in [2.24, 2.45) is 10.1 Å². The van der Waals surface area contributed by atoms with Gasteiger partial charge in [-0.25, -0.2) is 4.99 Å². The van der Waals surface area contributed by atoms with Crippen LogP contribution in [-0.2, 0) is 0 Å². The highest BCUT2D eigenvalue weighted by Crippen LogP contribution is 2.29. The smallest absolute Gasteiger partial charge is 0.154 e. The first-order valence-corrected chi connectivity index (χ1v) is 8.98. The Kier molecular flexibility index (Phi) is 4.85. The zero-order valence-electron chi connectivity index (χ0n) is 14.7. The molecule has 3 aromatic rings.